The molecule has 1 amide bonds. The number of carbonyl (C=O) groups is 1. The van der Waals surface area contributed by atoms with E-state index in [1.165, 1.54) is 0 Å². The minimum absolute atomic E-state index is 0.0814. The Bertz CT molecular complexity index is 591. The van der Waals surface area contributed by atoms with Gasteiger partial charge in [0.2, 0.25) is 0 Å². The van der Waals surface area contributed by atoms with E-state index in [1.807, 2.05) is 24.3 Å². The van der Waals surface area contributed by atoms with Crippen LogP contribution in [0.1, 0.15) is 10.5 Å². The lowest BCUT2D eigenvalue weighted by atomic mass is 10.1. The lowest BCUT2D eigenvalue weighted by Crippen LogP contribution is -2.35. The number of carbonyl (C=O) groups excluding carboxylic acids is 1. The molecule has 1 aliphatic heterocycles. The second-order valence-corrected chi connectivity index (χ2v) is 4.28. The van der Waals surface area contributed by atoms with E-state index in [-0.39, 0.29) is 5.91 Å². The van der Waals surface area contributed by atoms with Crippen LogP contribution in [-0.2, 0) is 6.54 Å². The van der Waals surface area contributed by atoms with Crippen LogP contribution in [-0.4, -0.2) is 22.2 Å². The van der Waals surface area contributed by atoms with Gasteiger partial charge >= 0.3 is 0 Å². The summed E-state index contributed by atoms with van der Waals surface area (Å²) in [6, 6.07) is 9.26. The monoisotopic (exact) mass is 247 g/mol. The van der Waals surface area contributed by atoms with Gasteiger partial charge < -0.3 is 5.32 Å². The second kappa shape index (κ2) is 3.89. The molecule has 0 bridgehead atoms. The largest absolute Gasteiger partial charge is 0.349 e. The average molecular weight is 248 g/mol. The summed E-state index contributed by atoms with van der Waals surface area (Å²) in [4.78, 5) is 11.6. The van der Waals surface area contributed by atoms with Crippen LogP contribution >= 0.6 is 11.6 Å². The van der Waals surface area contributed by atoms with Crippen LogP contribution in [0.5, 0.6) is 0 Å². The van der Waals surface area contributed by atoms with Crippen molar-refractivity contribution in [2.24, 2.45) is 0 Å². The van der Waals surface area contributed by atoms with Crippen molar-refractivity contribution in [1.29, 1.82) is 0 Å². The minimum atomic E-state index is -0.0814. The Balaban J connectivity index is 2.11. The Morgan fingerprint density at radius 3 is 2.94 bits per heavy atom. The molecule has 0 radical (unpaired) electrons. The summed E-state index contributed by atoms with van der Waals surface area (Å²) in [5, 5.41) is 7.83. The van der Waals surface area contributed by atoms with Crippen LogP contribution in [0.25, 0.3) is 11.3 Å². The molecule has 2 aromatic rings. The maximum Gasteiger partial charge on any atom is 0.269 e. The molecule has 1 N–H and O–H groups in total. The number of aromatic nitrogens is 2. The third kappa shape index (κ3) is 1.70. The van der Waals surface area contributed by atoms with Gasteiger partial charge in [0.15, 0.2) is 0 Å². The fourth-order valence-electron chi connectivity index (χ4n) is 1.94. The first kappa shape index (κ1) is 10.4. The summed E-state index contributed by atoms with van der Waals surface area (Å²) in [7, 11) is 0. The topological polar surface area (TPSA) is 46.9 Å². The normalized spacial score (nSPS) is 14.3. The van der Waals surface area contributed by atoms with Crippen LogP contribution in [0.15, 0.2) is 30.3 Å². The smallest absolute Gasteiger partial charge is 0.269 e. The van der Waals surface area contributed by atoms with Crippen molar-refractivity contribution >= 4 is 17.5 Å². The van der Waals surface area contributed by atoms with Gasteiger partial charge in [-0.1, -0.05) is 29.8 Å². The summed E-state index contributed by atoms with van der Waals surface area (Å²) in [5.74, 6) is -0.0814. The highest BCUT2D eigenvalue weighted by molar-refractivity contribution is 6.33. The Morgan fingerprint density at radius 2 is 2.18 bits per heavy atom. The Hall–Kier alpha value is -1.81. The van der Waals surface area contributed by atoms with Gasteiger partial charge in [-0.2, -0.15) is 5.10 Å². The number of rotatable bonds is 1. The van der Waals surface area contributed by atoms with E-state index in [2.05, 4.69) is 10.4 Å². The van der Waals surface area contributed by atoms with Crippen LogP contribution < -0.4 is 5.32 Å². The van der Waals surface area contributed by atoms with E-state index in [0.29, 0.717) is 23.8 Å². The van der Waals surface area contributed by atoms with E-state index in [9.17, 15) is 4.79 Å². The fourth-order valence-corrected chi connectivity index (χ4v) is 2.17. The van der Waals surface area contributed by atoms with Crippen molar-refractivity contribution in [3.8, 4) is 11.3 Å². The van der Waals surface area contributed by atoms with E-state index in [4.69, 9.17) is 11.6 Å². The third-order valence-corrected chi connectivity index (χ3v) is 3.10. The molecule has 0 atom stereocenters. The van der Waals surface area contributed by atoms with Crippen molar-refractivity contribution in [2.75, 3.05) is 6.54 Å². The highest BCUT2D eigenvalue weighted by atomic mass is 35.5. The Kier molecular flexibility index (Phi) is 2.37. The third-order valence-electron chi connectivity index (χ3n) is 2.77. The van der Waals surface area contributed by atoms with Crippen molar-refractivity contribution in [1.82, 2.24) is 15.1 Å². The first-order chi connectivity index (χ1) is 8.25. The number of fused-ring (bicyclic) bond motifs is 1. The molecule has 86 valence electrons. The molecule has 0 aliphatic carbocycles. The zero-order valence-corrected chi connectivity index (χ0v) is 9.74. The molecule has 1 aliphatic rings. The molecule has 1 aromatic carbocycles. The maximum absolute atomic E-state index is 11.6. The fraction of sp³-hybridized carbons (Fsp3) is 0.167. The standard InChI is InChI=1S/C12H10ClN3O/c13-9-4-2-1-3-8(9)10-7-11-12(17)14-5-6-16(11)15-10/h1-4,7H,5-6H2,(H,14,17). The number of nitrogens with zero attached hydrogens (tertiary/aromatic N) is 2. The van der Waals surface area contributed by atoms with Gasteiger partial charge in [0, 0.05) is 12.1 Å². The molecule has 0 saturated carbocycles. The first-order valence-electron chi connectivity index (χ1n) is 5.36. The zero-order chi connectivity index (χ0) is 11.8. The highest BCUT2D eigenvalue weighted by Gasteiger charge is 2.20. The molecule has 0 unspecified atom stereocenters. The molecule has 2 heterocycles. The minimum Gasteiger partial charge on any atom is -0.349 e. The first-order valence-corrected chi connectivity index (χ1v) is 5.74. The van der Waals surface area contributed by atoms with Gasteiger partial charge in [-0.25, -0.2) is 0 Å². The zero-order valence-electron chi connectivity index (χ0n) is 8.98. The molecule has 0 spiro atoms. The van der Waals surface area contributed by atoms with E-state index in [0.717, 1.165) is 11.3 Å². The van der Waals surface area contributed by atoms with Gasteiger partial charge in [-0.05, 0) is 12.1 Å². The predicted octanol–water partition coefficient (Wildman–Crippen LogP) is 1.95. The van der Waals surface area contributed by atoms with Crippen molar-refractivity contribution in [2.45, 2.75) is 6.54 Å². The van der Waals surface area contributed by atoms with Crippen LogP contribution in [0, 0.1) is 0 Å². The van der Waals surface area contributed by atoms with E-state index >= 15 is 0 Å². The number of benzene rings is 1. The molecule has 3 rings (SSSR count). The maximum atomic E-state index is 11.6. The van der Waals surface area contributed by atoms with Gasteiger partial charge in [0.1, 0.15) is 5.69 Å². The Morgan fingerprint density at radius 1 is 1.35 bits per heavy atom. The van der Waals surface area contributed by atoms with E-state index in [1.54, 1.807) is 10.7 Å². The number of nitrogens with one attached hydrogen (secondary N) is 1. The lowest BCUT2D eigenvalue weighted by Gasteiger charge is -2.13. The molecule has 4 nitrogen and oxygen atoms in total. The molecule has 0 saturated heterocycles. The van der Waals surface area contributed by atoms with Gasteiger partial charge in [0.25, 0.3) is 5.91 Å². The van der Waals surface area contributed by atoms with Crippen molar-refractivity contribution < 1.29 is 4.79 Å². The van der Waals surface area contributed by atoms with Gasteiger partial charge in [0.05, 0.1) is 17.3 Å². The van der Waals surface area contributed by atoms with E-state index < -0.39 is 0 Å². The molecule has 0 fully saturated rings. The molecular formula is C12H10ClN3O. The van der Waals surface area contributed by atoms with Crippen LogP contribution in [0.4, 0.5) is 0 Å². The molecular weight excluding hydrogens is 238 g/mol. The van der Waals surface area contributed by atoms with Crippen molar-refractivity contribution in [3.63, 3.8) is 0 Å². The molecule has 5 heteroatoms. The average Bonchev–Trinajstić information content (AvgIpc) is 2.75. The number of amides is 1. The summed E-state index contributed by atoms with van der Waals surface area (Å²) >= 11 is 6.11. The summed E-state index contributed by atoms with van der Waals surface area (Å²) in [5.41, 5.74) is 2.18. The quantitative estimate of drug-likeness (QED) is 0.837. The number of hydrogen-bond acceptors (Lipinski definition) is 2. The number of hydrogen-bond donors (Lipinski definition) is 1. The SMILES string of the molecule is O=C1NCCn2nc(-c3ccccc3Cl)cc21. The lowest BCUT2D eigenvalue weighted by molar-refractivity contribution is 0.0924. The van der Waals surface area contributed by atoms with Crippen LogP contribution in [0.2, 0.25) is 5.02 Å². The summed E-state index contributed by atoms with van der Waals surface area (Å²) in [6.07, 6.45) is 0. The summed E-state index contributed by atoms with van der Waals surface area (Å²) < 4.78 is 1.72. The van der Waals surface area contributed by atoms with Gasteiger partial charge in [-0.3, -0.25) is 9.48 Å². The molecule has 17 heavy (non-hydrogen) atoms. The van der Waals surface area contributed by atoms with Crippen LogP contribution in [0.3, 0.4) is 0 Å². The van der Waals surface area contributed by atoms with Gasteiger partial charge in [-0.15, -0.1) is 0 Å². The summed E-state index contributed by atoms with van der Waals surface area (Å²) in [6.45, 7) is 1.32. The van der Waals surface area contributed by atoms with Crippen molar-refractivity contribution in [3.05, 3.63) is 41.0 Å². The second-order valence-electron chi connectivity index (χ2n) is 3.87. The Labute approximate surface area is 103 Å². The molecule has 1 aromatic heterocycles. The number of halogens is 1. The predicted molar refractivity (Wildman–Crippen MR) is 65.0 cm³/mol. The highest BCUT2D eigenvalue weighted by Crippen LogP contribution is 2.27.